The molecule has 4 aromatic carbocycles. The van der Waals surface area contributed by atoms with Crippen LogP contribution < -0.4 is 5.56 Å². The molecule has 0 aliphatic rings. The molecule has 0 radical (unpaired) electrons. The van der Waals surface area contributed by atoms with Crippen molar-refractivity contribution >= 4 is 50.5 Å². The fourth-order valence-electron chi connectivity index (χ4n) is 4.69. The number of hydrogen-bond acceptors (Lipinski definition) is 4. The number of para-hydroxylation sites is 1. The highest BCUT2D eigenvalue weighted by molar-refractivity contribution is 6.31. The SMILES string of the molecule is O=c1c2ccccc2nc(-c2cc3cc(Cl)ccc3o2)n1N=Cc1cccn1-c1ccc2ccccc2c1. The largest absolute Gasteiger partial charge is 0.453 e. The molecule has 0 saturated heterocycles. The quantitative estimate of drug-likeness (QED) is 0.232. The molecule has 7 rings (SSSR count). The third-order valence-electron chi connectivity index (χ3n) is 6.55. The molecular formula is C31H19ClN4O2. The average molecular weight is 515 g/mol. The number of furan rings is 1. The Balaban J connectivity index is 1.38. The van der Waals surface area contributed by atoms with Crippen LogP contribution in [-0.4, -0.2) is 20.4 Å². The molecule has 0 atom stereocenters. The lowest BCUT2D eigenvalue weighted by Gasteiger charge is -2.09. The summed E-state index contributed by atoms with van der Waals surface area (Å²) < 4.78 is 9.38. The maximum atomic E-state index is 13.6. The number of rotatable bonds is 4. The van der Waals surface area contributed by atoms with E-state index in [0.29, 0.717) is 33.1 Å². The van der Waals surface area contributed by atoms with Crippen molar-refractivity contribution in [3.8, 4) is 17.3 Å². The van der Waals surface area contributed by atoms with Crippen molar-refractivity contribution in [2.24, 2.45) is 5.10 Å². The van der Waals surface area contributed by atoms with Crippen LogP contribution >= 0.6 is 11.6 Å². The van der Waals surface area contributed by atoms with Crippen molar-refractivity contribution in [3.63, 3.8) is 0 Å². The Bertz CT molecular complexity index is 2080. The minimum Gasteiger partial charge on any atom is -0.453 e. The van der Waals surface area contributed by atoms with Crippen molar-refractivity contribution in [2.45, 2.75) is 0 Å². The fraction of sp³-hybridized carbons (Fsp3) is 0. The number of fused-ring (bicyclic) bond motifs is 3. The zero-order valence-corrected chi connectivity index (χ0v) is 20.7. The van der Waals surface area contributed by atoms with E-state index in [1.165, 1.54) is 10.1 Å². The van der Waals surface area contributed by atoms with Crippen LogP contribution in [0.15, 0.2) is 124 Å². The molecule has 0 bridgehead atoms. The third kappa shape index (κ3) is 3.79. The van der Waals surface area contributed by atoms with E-state index in [0.717, 1.165) is 22.2 Å². The molecule has 38 heavy (non-hydrogen) atoms. The monoisotopic (exact) mass is 514 g/mol. The number of hydrogen-bond donors (Lipinski definition) is 0. The van der Waals surface area contributed by atoms with Crippen molar-refractivity contribution in [1.29, 1.82) is 0 Å². The summed E-state index contributed by atoms with van der Waals surface area (Å²) in [5.74, 6) is 0.730. The van der Waals surface area contributed by atoms with Crippen LogP contribution in [-0.2, 0) is 0 Å². The first-order chi connectivity index (χ1) is 18.6. The van der Waals surface area contributed by atoms with Gasteiger partial charge in [0.25, 0.3) is 5.56 Å². The summed E-state index contributed by atoms with van der Waals surface area (Å²) in [4.78, 5) is 18.3. The van der Waals surface area contributed by atoms with E-state index < -0.39 is 0 Å². The van der Waals surface area contributed by atoms with Gasteiger partial charge in [-0.1, -0.05) is 54.1 Å². The van der Waals surface area contributed by atoms with Gasteiger partial charge in [0.1, 0.15) is 5.58 Å². The zero-order valence-electron chi connectivity index (χ0n) is 20.0. The Morgan fingerprint density at radius 3 is 2.58 bits per heavy atom. The molecule has 7 heteroatoms. The molecule has 7 aromatic rings. The van der Waals surface area contributed by atoms with E-state index in [1.54, 1.807) is 30.5 Å². The summed E-state index contributed by atoms with van der Waals surface area (Å²) in [5.41, 5.74) is 2.73. The molecule has 0 unspecified atom stereocenters. The summed E-state index contributed by atoms with van der Waals surface area (Å²) in [5, 5.41) is 8.82. The molecule has 3 heterocycles. The maximum absolute atomic E-state index is 13.6. The second kappa shape index (κ2) is 8.87. The van der Waals surface area contributed by atoms with Crippen LogP contribution in [0.5, 0.6) is 0 Å². The molecule has 6 nitrogen and oxygen atoms in total. The highest BCUT2D eigenvalue weighted by atomic mass is 35.5. The molecule has 3 aromatic heterocycles. The molecular weight excluding hydrogens is 496 g/mol. The summed E-state index contributed by atoms with van der Waals surface area (Å²) in [6.07, 6.45) is 3.63. The fourth-order valence-corrected chi connectivity index (χ4v) is 4.87. The smallest absolute Gasteiger partial charge is 0.282 e. The molecule has 0 spiro atoms. The first kappa shape index (κ1) is 22.3. The predicted octanol–water partition coefficient (Wildman–Crippen LogP) is 7.29. The lowest BCUT2D eigenvalue weighted by Crippen LogP contribution is -2.20. The molecule has 0 fully saturated rings. The van der Waals surface area contributed by atoms with E-state index in [-0.39, 0.29) is 5.56 Å². The lowest BCUT2D eigenvalue weighted by atomic mass is 10.1. The van der Waals surface area contributed by atoms with Gasteiger partial charge in [0.05, 0.1) is 22.8 Å². The van der Waals surface area contributed by atoms with Gasteiger partial charge in [0.15, 0.2) is 5.76 Å². The van der Waals surface area contributed by atoms with Gasteiger partial charge in [-0.05, 0) is 71.4 Å². The van der Waals surface area contributed by atoms with E-state index in [4.69, 9.17) is 21.0 Å². The average Bonchev–Trinajstić information content (AvgIpc) is 3.59. The Morgan fingerprint density at radius 1 is 0.816 bits per heavy atom. The molecule has 0 aliphatic heterocycles. The van der Waals surface area contributed by atoms with Crippen LogP contribution in [0.2, 0.25) is 5.02 Å². The Hall–Kier alpha value is -4.94. The maximum Gasteiger partial charge on any atom is 0.282 e. The molecule has 0 amide bonds. The standard InChI is InChI=1S/C31H19ClN4O2/c32-23-12-14-28-22(16-23)18-29(38-28)30-34-27-10-4-3-9-26(27)31(37)36(30)33-19-25-8-5-15-35(25)24-13-11-20-6-1-2-7-21(20)17-24/h1-19H. The highest BCUT2D eigenvalue weighted by Gasteiger charge is 2.17. The summed E-state index contributed by atoms with van der Waals surface area (Å²) in [7, 11) is 0. The van der Waals surface area contributed by atoms with Crippen molar-refractivity contribution < 1.29 is 4.42 Å². The predicted molar refractivity (Wildman–Crippen MR) is 152 cm³/mol. The number of benzene rings is 4. The topological polar surface area (TPSA) is 65.3 Å². The minimum atomic E-state index is -0.288. The van der Waals surface area contributed by atoms with E-state index in [2.05, 4.69) is 35.4 Å². The van der Waals surface area contributed by atoms with Gasteiger partial charge in [-0.15, -0.1) is 0 Å². The summed E-state index contributed by atoms with van der Waals surface area (Å²) >= 11 is 6.17. The summed E-state index contributed by atoms with van der Waals surface area (Å²) in [6.45, 7) is 0. The summed E-state index contributed by atoms with van der Waals surface area (Å²) in [6, 6.07) is 32.8. The highest BCUT2D eigenvalue weighted by Crippen LogP contribution is 2.29. The third-order valence-corrected chi connectivity index (χ3v) is 6.78. The van der Waals surface area contributed by atoms with E-state index >= 15 is 0 Å². The van der Waals surface area contributed by atoms with Gasteiger partial charge in [0.2, 0.25) is 5.82 Å². The van der Waals surface area contributed by atoms with E-state index in [9.17, 15) is 4.79 Å². The Labute approximate surface area is 221 Å². The lowest BCUT2D eigenvalue weighted by molar-refractivity contribution is 0.616. The van der Waals surface area contributed by atoms with Gasteiger partial charge >= 0.3 is 0 Å². The van der Waals surface area contributed by atoms with E-state index in [1.807, 2.05) is 59.3 Å². The van der Waals surface area contributed by atoms with Gasteiger partial charge in [-0.3, -0.25) is 4.79 Å². The van der Waals surface area contributed by atoms with Crippen LogP contribution in [0.1, 0.15) is 5.69 Å². The second-order valence-corrected chi connectivity index (χ2v) is 9.38. The number of nitrogens with zero attached hydrogens (tertiary/aromatic N) is 4. The second-order valence-electron chi connectivity index (χ2n) is 8.94. The zero-order chi connectivity index (χ0) is 25.6. The van der Waals surface area contributed by atoms with Gasteiger partial charge in [0, 0.05) is 22.3 Å². The van der Waals surface area contributed by atoms with Gasteiger partial charge < -0.3 is 8.98 Å². The number of aromatic nitrogens is 3. The molecule has 0 N–H and O–H groups in total. The van der Waals surface area contributed by atoms with Gasteiger partial charge in [-0.25, -0.2) is 4.98 Å². The van der Waals surface area contributed by atoms with Crippen molar-refractivity contribution in [2.75, 3.05) is 0 Å². The molecule has 0 saturated carbocycles. The first-order valence-corrected chi connectivity index (χ1v) is 12.4. The molecule has 0 aliphatic carbocycles. The van der Waals surface area contributed by atoms with Crippen LogP contribution in [0.25, 0.3) is 49.9 Å². The van der Waals surface area contributed by atoms with Crippen molar-refractivity contribution in [1.82, 2.24) is 14.2 Å². The van der Waals surface area contributed by atoms with Crippen LogP contribution in [0, 0.1) is 0 Å². The molecule has 182 valence electrons. The van der Waals surface area contributed by atoms with Crippen LogP contribution in [0.3, 0.4) is 0 Å². The van der Waals surface area contributed by atoms with Gasteiger partial charge in [-0.2, -0.15) is 9.78 Å². The number of halogens is 1. The minimum absolute atomic E-state index is 0.288. The van der Waals surface area contributed by atoms with Crippen molar-refractivity contribution in [3.05, 3.63) is 130 Å². The normalized spacial score (nSPS) is 11.8. The Morgan fingerprint density at radius 2 is 1.66 bits per heavy atom. The van der Waals surface area contributed by atoms with Crippen LogP contribution in [0.4, 0.5) is 0 Å². The Kier molecular flexibility index (Phi) is 5.20. The first-order valence-electron chi connectivity index (χ1n) is 12.1.